The van der Waals surface area contributed by atoms with Gasteiger partial charge in [0.05, 0.1) is 49.4 Å². The second-order valence-corrected chi connectivity index (χ2v) is 13.0. The molecule has 0 bridgehead atoms. The van der Waals surface area contributed by atoms with Crippen molar-refractivity contribution in [3.63, 3.8) is 0 Å². The standard InChI is InChI=1S/C28H53N7O10/c1-27(40)13-42-26(21(39)24(27)32-2)45-23-18(35-19(37)8-28(41)5-6-33-12-28)7-17(31)22(20(23)38)44-25-16(30)4-3-15(43-25)11-34-10-14(36)9-29/h3,14,16-18,20-26,32-34,36,38-41H,4-13,29-31H2,1-2H3,(H,35,37)/t14?,16-,17+,18-,20+,21-,22-,23+,24-,25-,26-,27+,28?/m1/s1. The molecule has 3 aliphatic heterocycles. The lowest BCUT2D eigenvalue weighted by Crippen LogP contribution is -2.69. The summed E-state index contributed by atoms with van der Waals surface area (Å²) in [5.74, 6) is 0.0744. The van der Waals surface area contributed by atoms with Gasteiger partial charge in [-0.1, -0.05) is 0 Å². The average molecular weight is 648 g/mol. The van der Waals surface area contributed by atoms with Gasteiger partial charge >= 0.3 is 0 Å². The molecule has 17 heteroatoms. The van der Waals surface area contributed by atoms with Crippen LogP contribution in [-0.2, 0) is 23.7 Å². The van der Waals surface area contributed by atoms with Gasteiger partial charge in [-0.3, -0.25) is 4.79 Å². The highest BCUT2D eigenvalue weighted by Gasteiger charge is 2.52. The number of nitrogens with one attached hydrogen (secondary N) is 4. The SMILES string of the molecule is CN[C@@H]1[C@@H](O)[C@@H](O[C@@H]2[C@@H](O)[C@H](O[C@H]3OC(CNCC(O)CN)=CC[C@H]3N)[C@@H](N)C[C@H]2NC(=O)CC2(O)CCNC2)OC[C@]1(C)O. The third kappa shape index (κ3) is 9.08. The summed E-state index contributed by atoms with van der Waals surface area (Å²) in [4.78, 5) is 13.1. The minimum Gasteiger partial charge on any atom is -0.467 e. The highest BCUT2D eigenvalue weighted by Crippen LogP contribution is 2.32. The van der Waals surface area contributed by atoms with E-state index in [-0.39, 0.29) is 45.6 Å². The van der Waals surface area contributed by atoms with Crippen LogP contribution in [0.4, 0.5) is 0 Å². The number of likely N-dealkylation sites (N-methyl/N-ethyl adjacent to an activating group) is 1. The maximum atomic E-state index is 13.1. The van der Waals surface area contributed by atoms with Gasteiger partial charge in [0.15, 0.2) is 6.29 Å². The monoisotopic (exact) mass is 647 g/mol. The molecule has 13 atom stereocenters. The van der Waals surface area contributed by atoms with Gasteiger partial charge in [-0.15, -0.1) is 0 Å². The Morgan fingerprint density at radius 2 is 1.91 bits per heavy atom. The fourth-order valence-electron chi connectivity index (χ4n) is 6.40. The molecule has 17 nitrogen and oxygen atoms in total. The Labute approximate surface area is 263 Å². The second-order valence-electron chi connectivity index (χ2n) is 13.0. The van der Waals surface area contributed by atoms with Gasteiger partial charge in [0.1, 0.15) is 35.8 Å². The van der Waals surface area contributed by atoms with E-state index in [0.29, 0.717) is 25.1 Å². The number of ether oxygens (including phenoxy) is 4. The Kier molecular flexibility index (Phi) is 12.6. The molecule has 3 heterocycles. The molecule has 45 heavy (non-hydrogen) atoms. The first-order valence-corrected chi connectivity index (χ1v) is 15.6. The summed E-state index contributed by atoms with van der Waals surface area (Å²) in [7, 11) is 1.58. The van der Waals surface area contributed by atoms with Crippen molar-refractivity contribution < 1.29 is 49.3 Å². The normalized spacial score (nSPS) is 42.9. The highest BCUT2D eigenvalue weighted by molar-refractivity contribution is 5.77. The van der Waals surface area contributed by atoms with Gasteiger partial charge in [-0.25, -0.2) is 0 Å². The van der Waals surface area contributed by atoms with E-state index in [4.69, 9.17) is 36.1 Å². The number of amides is 1. The lowest BCUT2D eigenvalue weighted by Gasteiger charge is -2.49. The smallest absolute Gasteiger partial charge is 0.223 e. The Morgan fingerprint density at radius 3 is 2.58 bits per heavy atom. The molecule has 15 N–H and O–H groups in total. The summed E-state index contributed by atoms with van der Waals surface area (Å²) < 4.78 is 24.0. The zero-order valence-electron chi connectivity index (χ0n) is 26.0. The molecular formula is C28H53N7O10. The molecule has 2 unspecified atom stereocenters. The van der Waals surface area contributed by atoms with Crippen LogP contribution in [-0.4, -0.2) is 156 Å². The first kappa shape index (κ1) is 36.3. The predicted octanol–water partition coefficient (Wildman–Crippen LogP) is -5.63. The summed E-state index contributed by atoms with van der Waals surface area (Å²) in [5, 5.41) is 65.6. The van der Waals surface area contributed by atoms with Gasteiger partial charge in [-0.05, 0) is 45.9 Å². The van der Waals surface area contributed by atoms with Gasteiger partial charge < -0.3 is 82.9 Å². The molecule has 2 saturated heterocycles. The number of hydrogen-bond acceptors (Lipinski definition) is 16. The van der Waals surface area contributed by atoms with Crippen molar-refractivity contribution >= 4 is 5.91 Å². The van der Waals surface area contributed by atoms with E-state index in [1.54, 1.807) is 7.05 Å². The molecule has 3 fully saturated rings. The third-order valence-corrected chi connectivity index (χ3v) is 8.98. The van der Waals surface area contributed by atoms with Crippen LogP contribution in [0.1, 0.15) is 32.6 Å². The van der Waals surface area contributed by atoms with Crippen LogP contribution < -0.4 is 38.5 Å². The van der Waals surface area contributed by atoms with Crippen molar-refractivity contribution in [3.05, 3.63) is 11.8 Å². The van der Waals surface area contributed by atoms with Crippen LogP contribution in [0.3, 0.4) is 0 Å². The number of hydrogen-bond donors (Lipinski definition) is 12. The summed E-state index contributed by atoms with van der Waals surface area (Å²) in [5.41, 5.74) is 15.7. The summed E-state index contributed by atoms with van der Waals surface area (Å²) in [6.07, 6.45) is -5.40. The Morgan fingerprint density at radius 1 is 1.18 bits per heavy atom. The fourth-order valence-corrected chi connectivity index (χ4v) is 6.40. The lowest BCUT2D eigenvalue weighted by atomic mass is 9.83. The number of aliphatic hydroxyl groups is 5. The second kappa shape index (κ2) is 15.6. The maximum Gasteiger partial charge on any atom is 0.223 e. The van der Waals surface area contributed by atoms with Crippen molar-refractivity contribution in [2.24, 2.45) is 17.2 Å². The van der Waals surface area contributed by atoms with Crippen LogP contribution in [0.25, 0.3) is 0 Å². The highest BCUT2D eigenvalue weighted by atomic mass is 16.7. The summed E-state index contributed by atoms with van der Waals surface area (Å²) >= 11 is 0. The minimum absolute atomic E-state index is 0.105. The van der Waals surface area contributed by atoms with Crippen LogP contribution in [0.15, 0.2) is 11.8 Å². The number of β-amino-alcohol motifs (C(OH)–C–C–N with tert-alkyl or cyclic N) is 1. The van der Waals surface area contributed by atoms with Crippen molar-refractivity contribution in [3.8, 4) is 0 Å². The van der Waals surface area contributed by atoms with Crippen LogP contribution in [0, 0.1) is 0 Å². The Hall–Kier alpha value is -1.55. The molecule has 0 aromatic heterocycles. The van der Waals surface area contributed by atoms with Crippen LogP contribution >= 0.6 is 0 Å². The number of aliphatic hydroxyl groups excluding tert-OH is 3. The third-order valence-electron chi connectivity index (χ3n) is 8.98. The first-order chi connectivity index (χ1) is 21.3. The van der Waals surface area contributed by atoms with Gasteiger partial charge in [-0.2, -0.15) is 0 Å². The van der Waals surface area contributed by atoms with E-state index in [1.807, 2.05) is 6.08 Å². The summed E-state index contributed by atoms with van der Waals surface area (Å²) in [6, 6.07) is -3.04. The molecular weight excluding hydrogens is 594 g/mol. The van der Waals surface area contributed by atoms with Gasteiger partial charge in [0, 0.05) is 25.7 Å². The number of carbonyl (C=O) groups excluding carboxylic acids is 1. The van der Waals surface area contributed by atoms with Gasteiger partial charge in [0.2, 0.25) is 12.2 Å². The number of nitrogens with two attached hydrogens (primary N) is 3. The molecule has 1 saturated carbocycles. The molecule has 4 rings (SSSR count). The van der Waals surface area contributed by atoms with Crippen molar-refractivity contribution in [2.45, 2.75) is 111 Å². The molecule has 0 radical (unpaired) electrons. The van der Waals surface area contributed by atoms with Gasteiger partial charge in [0.25, 0.3) is 0 Å². The largest absolute Gasteiger partial charge is 0.467 e. The average Bonchev–Trinajstić information content (AvgIpc) is 3.40. The van der Waals surface area contributed by atoms with E-state index >= 15 is 0 Å². The molecule has 260 valence electrons. The van der Waals surface area contributed by atoms with E-state index in [0.717, 1.165) is 0 Å². The zero-order chi connectivity index (χ0) is 32.9. The molecule has 0 spiro atoms. The Balaban J connectivity index is 1.48. The topological polar surface area (TPSA) is 281 Å². The molecule has 1 amide bonds. The van der Waals surface area contributed by atoms with E-state index in [9.17, 15) is 30.3 Å². The number of carbonyl (C=O) groups is 1. The Bertz CT molecular complexity index is 1000. The molecule has 0 aromatic carbocycles. The quantitative estimate of drug-likeness (QED) is 0.0887. The predicted molar refractivity (Wildman–Crippen MR) is 160 cm³/mol. The maximum absolute atomic E-state index is 13.1. The molecule has 4 aliphatic rings. The van der Waals surface area contributed by atoms with Crippen molar-refractivity contribution in [2.75, 3.05) is 46.4 Å². The van der Waals surface area contributed by atoms with Crippen molar-refractivity contribution in [1.29, 1.82) is 0 Å². The molecule has 1 aliphatic carbocycles. The van der Waals surface area contributed by atoms with E-state index in [2.05, 4.69) is 21.3 Å². The fraction of sp³-hybridized carbons (Fsp3) is 0.893. The first-order valence-electron chi connectivity index (χ1n) is 15.6. The van der Waals surface area contributed by atoms with E-state index in [1.165, 1.54) is 6.92 Å². The molecule has 0 aromatic rings. The van der Waals surface area contributed by atoms with Crippen LogP contribution in [0.2, 0.25) is 0 Å². The minimum atomic E-state index is -1.44. The van der Waals surface area contributed by atoms with Crippen LogP contribution in [0.5, 0.6) is 0 Å². The van der Waals surface area contributed by atoms with Crippen molar-refractivity contribution in [1.82, 2.24) is 21.3 Å². The summed E-state index contributed by atoms with van der Waals surface area (Å²) in [6.45, 7) is 2.87. The number of rotatable bonds is 13. The lowest BCUT2D eigenvalue weighted by molar-refractivity contribution is -0.304. The zero-order valence-corrected chi connectivity index (χ0v) is 26.0. The van der Waals surface area contributed by atoms with E-state index < -0.39 is 84.4 Å².